The van der Waals surface area contributed by atoms with Crippen LogP contribution in [0.2, 0.25) is 0 Å². The van der Waals surface area contributed by atoms with E-state index in [4.69, 9.17) is 0 Å². The first-order chi connectivity index (χ1) is 7.69. The Balaban J connectivity index is 2.70. The van der Waals surface area contributed by atoms with Gasteiger partial charge in [0, 0.05) is 18.7 Å². The Morgan fingerprint density at radius 3 is 2.38 bits per heavy atom. The summed E-state index contributed by atoms with van der Waals surface area (Å²) in [6.07, 6.45) is 2.06. The molecule has 88 valence electrons. The highest BCUT2D eigenvalue weighted by Gasteiger charge is 2.12. The van der Waals surface area contributed by atoms with E-state index in [1.807, 2.05) is 6.92 Å². The molecule has 0 aliphatic heterocycles. The van der Waals surface area contributed by atoms with E-state index in [-0.39, 0.29) is 11.7 Å². The predicted molar refractivity (Wildman–Crippen MR) is 62.9 cm³/mol. The number of halogens is 1. The fourth-order valence-electron chi connectivity index (χ4n) is 1.53. The van der Waals surface area contributed by atoms with E-state index >= 15 is 0 Å². The summed E-state index contributed by atoms with van der Waals surface area (Å²) in [5.74, 6) is -0.330. The molecule has 0 atom stereocenters. The van der Waals surface area contributed by atoms with Gasteiger partial charge in [-0.15, -0.1) is 0 Å². The third kappa shape index (κ3) is 3.33. The number of carbonyl (C=O) groups is 1. The van der Waals surface area contributed by atoms with Gasteiger partial charge >= 0.3 is 0 Å². The van der Waals surface area contributed by atoms with E-state index in [0.29, 0.717) is 12.1 Å². The molecule has 1 amide bonds. The first-order valence-corrected chi connectivity index (χ1v) is 5.73. The zero-order valence-electron chi connectivity index (χ0n) is 9.87. The van der Waals surface area contributed by atoms with Crippen molar-refractivity contribution in [3.05, 3.63) is 35.6 Å². The average Bonchev–Trinajstić information content (AvgIpc) is 2.30. The minimum Gasteiger partial charge on any atom is -0.339 e. The van der Waals surface area contributed by atoms with E-state index in [9.17, 15) is 9.18 Å². The number of hydrogen-bond donors (Lipinski definition) is 0. The quantitative estimate of drug-likeness (QED) is 0.751. The molecule has 0 aliphatic carbocycles. The lowest BCUT2D eigenvalue weighted by Crippen LogP contribution is -2.31. The van der Waals surface area contributed by atoms with Crippen molar-refractivity contribution in [2.75, 3.05) is 13.1 Å². The molecule has 0 fully saturated rings. The molecule has 0 spiro atoms. The SMILES string of the molecule is CCCCN(CC)C(=O)c1ccc(F)cc1. The lowest BCUT2D eigenvalue weighted by atomic mass is 10.2. The molecule has 0 bridgehead atoms. The number of rotatable bonds is 5. The second kappa shape index (κ2) is 6.26. The zero-order valence-corrected chi connectivity index (χ0v) is 9.87. The molecule has 0 aromatic heterocycles. The summed E-state index contributed by atoms with van der Waals surface area (Å²) in [7, 11) is 0. The number of carbonyl (C=O) groups excluding carboxylic acids is 1. The minimum absolute atomic E-state index is 0.0176. The molecule has 1 aromatic carbocycles. The number of benzene rings is 1. The van der Waals surface area contributed by atoms with Crippen LogP contribution in [0, 0.1) is 5.82 Å². The van der Waals surface area contributed by atoms with E-state index < -0.39 is 0 Å². The second-order valence-electron chi connectivity index (χ2n) is 3.75. The second-order valence-corrected chi connectivity index (χ2v) is 3.75. The van der Waals surface area contributed by atoms with Crippen LogP contribution in [0.15, 0.2) is 24.3 Å². The molecule has 16 heavy (non-hydrogen) atoms. The Bertz CT molecular complexity index is 334. The van der Waals surface area contributed by atoms with Crippen LogP contribution >= 0.6 is 0 Å². The van der Waals surface area contributed by atoms with Crippen LogP contribution in [-0.4, -0.2) is 23.9 Å². The summed E-state index contributed by atoms with van der Waals surface area (Å²) < 4.78 is 12.7. The van der Waals surface area contributed by atoms with Crippen LogP contribution in [0.4, 0.5) is 4.39 Å². The third-order valence-electron chi connectivity index (χ3n) is 2.54. The summed E-state index contributed by atoms with van der Waals surface area (Å²) in [5.41, 5.74) is 0.555. The van der Waals surface area contributed by atoms with Gasteiger partial charge in [-0.05, 0) is 37.6 Å². The number of nitrogens with zero attached hydrogens (tertiary/aromatic N) is 1. The van der Waals surface area contributed by atoms with Crippen molar-refractivity contribution in [2.24, 2.45) is 0 Å². The summed E-state index contributed by atoms with van der Waals surface area (Å²) >= 11 is 0. The standard InChI is InChI=1S/C13H18FNO/c1-3-5-10-15(4-2)13(16)11-6-8-12(14)9-7-11/h6-9H,3-5,10H2,1-2H3. The number of amides is 1. The molecule has 0 radical (unpaired) electrons. The molecular weight excluding hydrogens is 205 g/mol. The van der Waals surface area contributed by atoms with Gasteiger partial charge in [-0.1, -0.05) is 13.3 Å². The van der Waals surface area contributed by atoms with Gasteiger partial charge in [0.25, 0.3) is 5.91 Å². The summed E-state index contributed by atoms with van der Waals surface area (Å²) in [6.45, 7) is 5.51. The molecule has 0 aliphatic rings. The molecule has 0 heterocycles. The van der Waals surface area contributed by atoms with Gasteiger partial charge in [0.05, 0.1) is 0 Å². The van der Waals surface area contributed by atoms with Crippen molar-refractivity contribution in [1.82, 2.24) is 4.90 Å². The third-order valence-corrected chi connectivity index (χ3v) is 2.54. The average molecular weight is 223 g/mol. The number of unbranched alkanes of at least 4 members (excludes halogenated alkanes) is 1. The van der Waals surface area contributed by atoms with Crippen LogP contribution in [-0.2, 0) is 0 Å². The number of hydrogen-bond acceptors (Lipinski definition) is 1. The maximum absolute atomic E-state index is 12.7. The summed E-state index contributed by atoms with van der Waals surface area (Å²) in [5, 5.41) is 0. The highest BCUT2D eigenvalue weighted by Crippen LogP contribution is 2.07. The van der Waals surface area contributed by atoms with E-state index in [1.165, 1.54) is 24.3 Å². The largest absolute Gasteiger partial charge is 0.339 e. The van der Waals surface area contributed by atoms with E-state index in [2.05, 4.69) is 6.92 Å². The Hall–Kier alpha value is -1.38. The molecule has 3 heteroatoms. The van der Waals surface area contributed by atoms with Gasteiger partial charge in [-0.2, -0.15) is 0 Å². The summed E-state index contributed by atoms with van der Waals surface area (Å²) in [4.78, 5) is 13.8. The van der Waals surface area contributed by atoms with Crippen molar-refractivity contribution in [2.45, 2.75) is 26.7 Å². The maximum atomic E-state index is 12.7. The Morgan fingerprint density at radius 2 is 1.88 bits per heavy atom. The lowest BCUT2D eigenvalue weighted by Gasteiger charge is -2.20. The van der Waals surface area contributed by atoms with Crippen molar-refractivity contribution >= 4 is 5.91 Å². The zero-order chi connectivity index (χ0) is 12.0. The van der Waals surface area contributed by atoms with E-state index in [1.54, 1.807) is 4.90 Å². The van der Waals surface area contributed by atoms with E-state index in [0.717, 1.165) is 19.4 Å². The van der Waals surface area contributed by atoms with Crippen LogP contribution in [0.25, 0.3) is 0 Å². The lowest BCUT2D eigenvalue weighted by molar-refractivity contribution is 0.0762. The van der Waals surface area contributed by atoms with Gasteiger partial charge in [-0.3, -0.25) is 4.79 Å². The topological polar surface area (TPSA) is 20.3 Å². The molecule has 0 saturated heterocycles. The monoisotopic (exact) mass is 223 g/mol. The van der Waals surface area contributed by atoms with Crippen molar-refractivity contribution in [3.8, 4) is 0 Å². The maximum Gasteiger partial charge on any atom is 0.253 e. The van der Waals surface area contributed by atoms with Crippen molar-refractivity contribution < 1.29 is 9.18 Å². The molecule has 0 saturated carbocycles. The smallest absolute Gasteiger partial charge is 0.253 e. The summed E-state index contributed by atoms with van der Waals surface area (Å²) in [6, 6.07) is 5.71. The van der Waals surface area contributed by atoms with Gasteiger partial charge in [-0.25, -0.2) is 4.39 Å². The molecule has 1 rings (SSSR count). The van der Waals surface area contributed by atoms with Gasteiger partial charge < -0.3 is 4.90 Å². The molecule has 1 aromatic rings. The predicted octanol–water partition coefficient (Wildman–Crippen LogP) is 3.09. The molecule has 2 nitrogen and oxygen atoms in total. The van der Waals surface area contributed by atoms with Crippen LogP contribution in [0.1, 0.15) is 37.0 Å². The van der Waals surface area contributed by atoms with Crippen molar-refractivity contribution in [3.63, 3.8) is 0 Å². The highest BCUT2D eigenvalue weighted by molar-refractivity contribution is 5.94. The first kappa shape index (κ1) is 12.7. The van der Waals surface area contributed by atoms with Crippen LogP contribution < -0.4 is 0 Å². The molecule has 0 N–H and O–H groups in total. The fourth-order valence-corrected chi connectivity index (χ4v) is 1.53. The fraction of sp³-hybridized carbons (Fsp3) is 0.462. The Morgan fingerprint density at radius 1 is 1.25 bits per heavy atom. The first-order valence-electron chi connectivity index (χ1n) is 5.73. The van der Waals surface area contributed by atoms with Crippen LogP contribution in [0.5, 0.6) is 0 Å². The highest BCUT2D eigenvalue weighted by atomic mass is 19.1. The minimum atomic E-state index is -0.312. The van der Waals surface area contributed by atoms with Gasteiger partial charge in [0.1, 0.15) is 5.82 Å². The van der Waals surface area contributed by atoms with Crippen molar-refractivity contribution in [1.29, 1.82) is 0 Å². The molecular formula is C13H18FNO. The molecule has 0 unspecified atom stereocenters. The Labute approximate surface area is 96.1 Å². The van der Waals surface area contributed by atoms with Gasteiger partial charge in [0.2, 0.25) is 0 Å². The van der Waals surface area contributed by atoms with Crippen LogP contribution in [0.3, 0.4) is 0 Å². The normalized spacial score (nSPS) is 10.2. The Kier molecular flexibility index (Phi) is 4.96. The van der Waals surface area contributed by atoms with Gasteiger partial charge in [0.15, 0.2) is 0 Å².